The molecule has 17 heavy (non-hydrogen) atoms. The summed E-state index contributed by atoms with van der Waals surface area (Å²) in [6, 6.07) is 6.15. The van der Waals surface area contributed by atoms with Crippen molar-refractivity contribution in [3.63, 3.8) is 0 Å². The molecule has 0 aliphatic carbocycles. The monoisotopic (exact) mass is 234 g/mol. The third-order valence-corrected chi connectivity index (χ3v) is 3.89. The Morgan fingerprint density at radius 2 is 2.18 bits per heavy atom. The normalized spacial score (nSPS) is 18.4. The van der Waals surface area contributed by atoms with Gasteiger partial charge in [0.25, 0.3) is 0 Å². The lowest BCUT2D eigenvalue weighted by molar-refractivity contribution is -0.0167. The molecule has 1 aliphatic rings. The lowest BCUT2D eigenvalue weighted by Crippen LogP contribution is -2.32. The minimum absolute atomic E-state index is 0.185. The smallest absolute Gasteiger partial charge is 0.128 e. The van der Waals surface area contributed by atoms with Crippen molar-refractivity contribution in [2.24, 2.45) is 5.92 Å². The van der Waals surface area contributed by atoms with E-state index in [1.165, 1.54) is 5.56 Å². The van der Waals surface area contributed by atoms with Crippen LogP contribution in [0.1, 0.15) is 44.7 Å². The number of aliphatic hydroxyl groups is 1. The van der Waals surface area contributed by atoms with E-state index in [9.17, 15) is 5.11 Å². The number of rotatable bonds is 3. The summed E-state index contributed by atoms with van der Waals surface area (Å²) in [5, 5.41) is 10.8. The summed E-state index contributed by atoms with van der Waals surface area (Å²) in [4.78, 5) is 0. The van der Waals surface area contributed by atoms with E-state index >= 15 is 0 Å². The van der Waals surface area contributed by atoms with Gasteiger partial charge in [-0.1, -0.05) is 39.0 Å². The molecule has 0 amide bonds. The van der Waals surface area contributed by atoms with Crippen molar-refractivity contribution in [3.05, 3.63) is 29.3 Å². The maximum Gasteiger partial charge on any atom is 0.128 e. The first-order chi connectivity index (χ1) is 8.09. The van der Waals surface area contributed by atoms with E-state index in [1.807, 2.05) is 19.1 Å². The van der Waals surface area contributed by atoms with E-state index in [0.717, 1.165) is 30.8 Å². The lowest BCUT2D eigenvalue weighted by Gasteiger charge is -2.34. The topological polar surface area (TPSA) is 29.5 Å². The van der Waals surface area contributed by atoms with Gasteiger partial charge in [0.2, 0.25) is 0 Å². The highest BCUT2D eigenvalue weighted by molar-refractivity contribution is 5.46. The fourth-order valence-electron chi connectivity index (χ4n) is 2.64. The van der Waals surface area contributed by atoms with Crippen molar-refractivity contribution in [3.8, 4) is 5.75 Å². The Morgan fingerprint density at radius 1 is 1.41 bits per heavy atom. The van der Waals surface area contributed by atoms with Gasteiger partial charge in [-0.15, -0.1) is 0 Å². The highest BCUT2D eigenvalue weighted by Crippen LogP contribution is 2.41. The number of ether oxygens (including phenoxy) is 1. The largest absolute Gasteiger partial charge is 0.493 e. The van der Waals surface area contributed by atoms with E-state index in [2.05, 4.69) is 19.9 Å². The molecule has 0 saturated heterocycles. The minimum Gasteiger partial charge on any atom is -0.493 e. The molecular formula is C15H22O2. The number of fused-ring (bicyclic) bond motifs is 1. The lowest BCUT2D eigenvalue weighted by atomic mass is 9.79. The van der Waals surface area contributed by atoms with Crippen molar-refractivity contribution < 1.29 is 9.84 Å². The van der Waals surface area contributed by atoms with Gasteiger partial charge in [0.15, 0.2) is 0 Å². The Labute approximate surface area is 104 Å². The molecule has 1 aromatic rings. The fourth-order valence-corrected chi connectivity index (χ4v) is 2.64. The Balaban J connectivity index is 2.51. The number of hydrogen-bond acceptors (Lipinski definition) is 2. The van der Waals surface area contributed by atoms with Crippen molar-refractivity contribution in [1.82, 2.24) is 0 Å². The molecule has 0 radical (unpaired) electrons. The Kier molecular flexibility index (Phi) is 3.43. The molecule has 2 heteroatoms. The Morgan fingerprint density at radius 3 is 2.82 bits per heavy atom. The van der Waals surface area contributed by atoms with Crippen LogP contribution in [0, 0.1) is 5.92 Å². The maximum atomic E-state index is 10.8. The maximum absolute atomic E-state index is 10.8. The Hall–Kier alpha value is -1.02. The van der Waals surface area contributed by atoms with Gasteiger partial charge in [0.05, 0.1) is 12.2 Å². The summed E-state index contributed by atoms with van der Waals surface area (Å²) in [7, 11) is 0. The van der Waals surface area contributed by atoms with Crippen LogP contribution < -0.4 is 4.74 Å². The van der Waals surface area contributed by atoms with E-state index in [4.69, 9.17) is 4.74 Å². The van der Waals surface area contributed by atoms with Crippen molar-refractivity contribution in [2.45, 2.75) is 45.6 Å². The van der Waals surface area contributed by atoms with Crippen LogP contribution in [0.25, 0.3) is 0 Å². The number of hydrogen-bond donors (Lipinski definition) is 1. The fraction of sp³-hybridized carbons (Fsp3) is 0.600. The quantitative estimate of drug-likeness (QED) is 0.869. The number of para-hydroxylation sites is 1. The van der Waals surface area contributed by atoms with Crippen LogP contribution in [0.2, 0.25) is 0 Å². The second-order valence-corrected chi connectivity index (χ2v) is 5.18. The summed E-state index contributed by atoms with van der Waals surface area (Å²) in [5.74, 6) is 1.11. The van der Waals surface area contributed by atoms with Crippen molar-refractivity contribution >= 4 is 0 Å². The van der Waals surface area contributed by atoms with Crippen molar-refractivity contribution in [1.29, 1.82) is 0 Å². The summed E-state index contributed by atoms with van der Waals surface area (Å²) < 4.78 is 5.79. The van der Waals surface area contributed by atoms with E-state index < -0.39 is 5.60 Å². The molecule has 0 aromatic heterocycles. The van der Waals surface area contributed by atoms with Crippen LogP contribution in [0.3, 0.4) is 0 Å². The highest BCUT2D eigenvalue weighted by atomic mass is 16.5. The molecule has 1 heterocycles. The molecule has 0 bridgehead atoms. The molecule has 0 fully saturated rings. The average Bonchev–Trinajstić information content (AvgIpc) is 2.37. The average molecular weight is 234 g/mol. The Bertz CT molecular complexity index is 398. The van der Waals surface area contributed by atoms with E-state index in [0.29, 0.717) is 6.42 Å². The molecule has 1 N–H and O–H groups in total. The van der Waals surface area contributed by atoms with Crippen LogP contribution in [0.5, 0.6) is 5.75 Å². The third-order valence-electron chi connectivity index (χ3n) is 3.89. The molecule has 1 aliphatic heterocycles. The zero-order chi connectivity index (χ0) is 12.5. The summed E-state index contributed by atoms with van der Waals surface area (Å²) >= 11 is 0. The van der Waals surface area contributed by atoms with E-state index in [-0.39, 0.29) is 5.92 Å². The second kappa shape index (κ2) is 4.69. The molecule has 0 saturated carbocycles. The predicted molar refractivity (Wildman–Crippen MR) is 69.3 cm³/mol. The van der Waals surface area contributed by atoms with Crippen LogP contribution in [0.4, 0.5) is 0 Å². The van der Waals surface area contributed by atoms with Crippen LogP contribution in [0.15, 0.2) is 18.2 Å². The van der Waals surface area contributed by atoms with E-state index in [1.54, 1.807) is 0 Å². The van der Waals surface area contributed by atoms with Gasteiger partial charge in [-0.25, -0.2) is 0 Å². The molecule has 1 unspecified atom stereocenters. The predicted octanol–water partition coefficient (Wildman–Crippen LogP) is 3.27. The van der Waals surface area contributed by atoms with Crippen LogP contribution in [-0.2, 0) is 12.0 Å². The second-order valence-electron chi connectivity index (χ2n) is 5.18. The summed E-state index contributed by atoms with van der Waals surface area (Å²) in [6.07, 6.45) is 2.84. The van der Waals surface area contributed by atoms with Gasteiger partial charge in [0, 0.05) is 5.56 Å². The molecule has 1 atom stereocenters. The standard InChI is InChI=1S/C15H22O2/c1-4-15(16,11(2)3)13-9-5-7-12-8-6-10-17-14(12)13/h5,7,9,11,16H,4,6,8,10H2,1-3H3. The highest BCUT2D eigenvalue weighted by Gasteiger charge is 2.35. The number of aryl methyl sites for hydroxylation is 1. The summed E-state index contributed by atoms with van der Waals surface area (Å²) in [6.45, 7) is 6.92. The third kappa shape index (κ3) is 2.06. The minimum atomic E-state index is -0.775. The van der Waals surface area contributed by atoms with Gasteiger partial charge < -0.3 is 9.84 Å². The molecule has 94 valence electrons. The first kappa shape index (κ1) is 12.4. The molecule has 1 aromatic carbocycles. The zero-order valence-electron chi connectivity index (χ0n) is 11.0. The van der Waals surface area contributed by atoms with Gasteiger partial charge in [-0.05, 0) is 30.7 Å². The first-order valence-corrected chi connectivity index (χ1v) is 6.57. The molecule has 2 nitrogen and oxygen atoms in total. The number of benzene rings is 1. The molecule has 2 rings (SSSR count). The SMILES string of the molecule is CCC(O)(c1cccc2c1OCCC2)C(C)C. The van der Waals surface area contributed by atoms with Gasteiger partial charge >= 0.3 is 0 Å². The van der Waals surface area contributed by atoms with Crippen LogP contribution in [-0.4, -0.2) is 11.7 Å². The van der Waals surface area contributed by atoms with Crippen molar-refractivity contribution in [2.75, 3.05) is 6.61 Å². The van der Waals surface area contributed by atoms with Crippen LogP contribution >= 0.6 is 0 Å². The van der Waals surface area contributed by atoms with Gasteiger partial charge in [-0.3, -0.25) is 0 Å². The molecular weight excluding hydrogens is 212 g/mol. The first-order valence-electron chi connectivity index (χ1n) is 6.57. The zero-order valence-corrected chi connectivity index (χ0v) is 11.0. The summed E-state index contributed by atoms with van der Waals surface area (Å²) in [5.41, 5.74) is 1.43. The van der Waals surface area contributed by atoms with Gasteiger partial charge in [0.1, 0.15) is 5.75 Å². The van der Waals surface area contributed by atoms with Gasteiger partial charge in [-0.2, -0.15) is 0 Å². The molecule has 0 spiro atoms.